The van der Waals surface area contributed by atoms with Crippen LogP contribution in [0.3, 0.4) is 0 Å². The van der Waals surface area contributed by atoms with E-state index in [1.54, 1.807) is 0 Å². The van der Waals surface area contributed by atoms with Crippen LogP contribution in [0.5, 0.6) is 0 Å². The van der Waals surface area contributed by atoms with Crippen molar-refractivity contribution in [1.82, 2.24) is 9.80 Å². The topological polar surface area (TPSA) is 61.6 Å². The molecule has 1 aliphatic heterocycles. The van der Waals surface area contributed by atoms with Crippen molar-refractivity contribution in [2.75, 3.05) is 45.1 Å². The molecule has 0 aromatic heterocycles. The van der Waals surface area contributed by atoms with Crippen LogP contribution in [0.15, 0.2) is 24.3 Å². The van der Waals surface area contributed by atoms with Crippen LogP contribution in [0.2, 0.25) is 0 Å². The number of piperazine rings is 1. The van der Waals surface area contributed by atoms with Crippen LogP contribution in [0.1, 0.15) is 12.5 Å². The molecule has 0 saturated carbocycles. The minimum Gasteiger partial charge on any atom is -0.329 e. The first-order chi connectivity index (χ1) is 10.1. The summed E-state index contributed by atoms with van der Waals surface area (Å²) in [5, 5.41) is 2.96. The molecule has 3 N–H and O–H groups in total. The number of hydrogen-bond donors (Lipinski definition) is 2. The number of benzene rings is 1. The largest absolute Gasteiger partial charge is 0.329 e. The molecule has 1 unspecified atom stereocenters. The standard InChI is InChI=1S/C16H26N4O/c1-3-13-4-6-14(7-5-13)18-16(21)12-20-9-8-19(2)11-15(20)10-17/h4-7,15H,3,8-12,17H2,1-2H3,(H,18,21). The molecule has 0 bridgehead atoms. The molecule has 116 valence electrons. The van der Waals surface area contributed by atoms with E-state index in [9.17, 15) is 4.79 Å². The number of likely N-dealkylation sites (N-methyl/N-ethyl adjacent to an activating group) is 1. The van der Waals surface area contributed by atoms with Gasteiger partial charge in [-0.05, 0) is 31.2 Å². The summed E-state index contributed by atoms with van der Waals surface area (Å²) in [7, 11) is 2.09. The predicted molar refractivity (Wildman–Crippen MR) is 86.4 cm³/mol. The minimum atomic E-state index is 0.0299. The number of anilines is 1. The van der Waals surface area contributed by atoms with E-state index >= 15 is 0 Å². The Morgan fingerprint density at radius 3 is 2.67 bits per heavy atom. The summed E-state index contributed by atoms with van der Waals surface area (Å²) >= 11 is 0. The average molecular weight is 290 g/mol. The van der Waals surface area contributed by atoms with Gasteiger partial charge in [0, 0.05) is 37.9 Å². The number of carbonyl (C=O) groups is 1. The summed E-state index contributed by atoms with van der Waals surface area (Å²) in [6, 6.07) is 8.28. The van der Waals surface area contributed by atoms with E-state index in [1.807, 2.05) is 24.3 Å². The first kappa shape index (κ1) is 15.9. The van der Waals surface area contributed by atoms with E-state index in [1.165, 1.54) is 5.56 Å². The van der Waals surface area contributed by atoms with E-state index in [4.69, 9.17) is 5.73 Å². The van der Waals surface area contributed by atoms with Gasteiger partial charge in [0.25, 0.3) is 0 Å². The molecule has 1 fully saturated rings. The monoisotopic (exact) mass is 290 g/mol. The Morgan fingerprint density at radius 1 is 1.33 bits per heavy atom. The van der Waals surface area contributed by atoms with Crippen LogP contribution in [0.4, 0.5) is 5.69 Å². The Bertz CT molecular complexity index is 460. The Kier molecular flexibility index (Phi) is 5.73. The molecule has 0 aliphatic carbocycles. The van der Waals surface area contributed by atoms with E-state index < -0.39 is 0 Å². The van der Waals surface area contributed by atoms with Crippen molar-refractivity contribution in [1.29, 1.82) is 0 Å². The first-order valence-electron chi connectivity index (χ1n) is 7.63. The van der Waals surface area contributed by atoms with Gasteiger partial charge in [-0.25, -0.2) is 0 Å². The van der Waals surface area contributed by atoms with Crippen LogP contribution in [0.25, 0.3) is 0 Å². The maximum Gasteiger partial charge on any atom is 0.238 e. The fraction of sp³-hybridized carbons (Fsp3) is 0.562. The zero-order valence-corrected chi connectivity index (χ0v) is 13.0. The lowest BCUT2D eigenvalue weighted by Crippen LogP contribution is -2.56. The number of nitrogens with two attached hydrogens (primary N) is 1. The number of nitrogens with zero attached hydrogens (tertiary/aromatic N) is 2. The fourth-order valence-electron chi connectivity index (χ4n) is 2.69. The third-order valence-corrected chi connectivity index (χ3v) is 4.07. The predicted octanol–water partition coefficient (Wildman–Crippen LogP) is 0.762. The Balaban J connectivity index is 1.88. The van der Waals surface area contributed by atoms with Gasteiger partial charge in [0.2, 0.25) is 5.91 Å². The molecule has 5 heteroatoms. The Labute approximate surface area is 127 Å². The van der Waals surface area contributed by atoms with Gasteiger partial charge < -0.3 is 16.0 Å². The van der Waals surface area contributed by atoms with Crippen molar-refractivity contribution in [3.8, 4) is 0 Å². The van der Waals surface area contributed by atoms with Gasteiger partial charge in [0.15, 0.2) is 0 Å². The second kappa shape index (κ2) is 7.54. The van der Waals surface area contributed by atoms with Gasteiger partial charge in [-0.3, -0.25) is 9.69 Å². The molecule has 0 radical (unpaired) electrons. The number of nitrogens with one attached hydrogen (secondary N) is 1. The highest BCUT2D eigenvalue weighted by atomic mass is 16.2. The van der Waals surface area contributed by atoms with Crippen LogP contribution >= 0.6 is 0 Å². The highest BCUT2D eigenvalue weighted by Gasteiger charge is 2.25. The van der Waals surface area contributed by atoms with Crippen molar-refractivity contribution < 1.29 is 4.79 Å². The summed E-state index contributed by atoms with van der Waals surface area (Å²) in [6.45, 7) is 5.91. The first-order valence-corrected chi connectivity index (χ1v) is 7.63. The molecule has 1 amide bonds. The minimum absolute atomic E-state index is 0.0299. The lowest BCUT2D eigenvalue weighted by atomic mass is 10.1. The normalized spacial score (nSPS) is 20.4. The van der Waals surface area contributed by atoms with E-state index in [-0.39, 0.29) is 11.9 Å². The molecule has 1 aromatic rings. The van der Waals surface area contributed by atoms with Crippen LogP contribution in [0, 0.1) is 0 Å². The number of rotatable bonds is 5. The van der Waals surface area contributed by atoms with Gasteiger partial charge in [-0.2, -0.15) is 0 Å². The van der Waals surface area contributed by atoms with Crippen molar-refractivity contribution in [3.63, 3.8) is 0 Å². The van der Waals surface area contributed by atoms with E-state index in [0.717, 1.165) is 31.7 Å². The number of hydrogen-bond acceptors (Lipinski definition) is 4. The van der Waals surface area contributed by atoms with Crippen LogP contribution < -0.4 is 11.1 Å². The zero-order valence-electron chi connectivity index (χ0n) is 13.0. The third kappa shape index (κ3) is 4.52. The molecule has 0 spiro atoms. The van der Waals surface area contributed by atoms with Gasteiger partial charge in [0.05, 0.1) is 6.54 Å². The van der Waals surface area contributed by atoms with Gasteiger partial charge in [0.1, 0.15) is 0 Å². The van der Waals surface area contributed by atoms with E-state index in [2.05, 4.69) is 29.1 Å². The van der Waals surface area contributed by atoms with Crippen molar-refractivity contribution >= 4 is 11.6 Å². The van der Waals surface area contributed by atoms with Crippen molar-refractivity contribution in [3.05, 3.63) is 29.8 Å². The van der Waals surface area contributed by atoms with Gasteiger partial charge >= 0.3 is 0 Å². The second-order valence-electron chi connectivity index (χ2n) is 5.72. The highest BCUT2D eigenvalue weighted by Crippen LogP contribution is 2.11. The summed E-state index contributed by atoms with van der Waals surface area (Å²) in [5.74, 6) is 0.0299. The van der Waals surface area contributed by atoms with Crippen molar-refractivity contribution in [2.24, 2.45) is 5.73 Å². The summed E-state index contributed by atoms with van der Waals surface area (Å²) in [4.78, 5) is 16.6. The molecule has 21 heavy (non-hydrogen) atoms. The average Bonchev–Trinajstić information content (AvgIpc) is 2.49. The number of carbonyl (C=O) groups excluding carboxylic acids is 1. The summed E-state index contributed by atoms with van der Waals surface area (Å²) in [6.07, 6.45) is 1.01. The second-order valence-corrected chi connectivity index (χ2v) is 5.72. The maximum absolute atomic E-state index is 12.2. The molecule has 1 aromatic carbocycles. The molecular weight excluding hydrogens is 264 g/mol. The van der Waals surface area contributed by atoms with Crippen LogP contribution in [-0.4, -0.2) is 61.5 Å². The van der Waals surface area contributed by atoms with Crippen LogP contribution in [-0.2, 0) is 11.2 Å². The SMILES string of the molecule is CCc1ccc(NC(=O)CN2CCN(C)CC2CN)cc1. The zero-order chi connectivity index (χ0) is 15.2. The summed E-state index contributed by atoms with van der Waals surface area (Å²) < 4.78 is 0. The van der Waals surface area contributed by atoms with Gasteiger partial charge in [-0.1, -0.05) is 19.1 Å². The third-order valence-electron chi connectivity index (χ3n) is 4.07. The molecule has 1 aliphatic rings. The quantitative estimate of drug-likeness (QED) is 0.840. The molecule has 1 atom stereocenters. The fourth-order valence-corrected chi connectivity index (χ4v) is 2.69. The molecule has 1 saturated heterocycles. The highest BCUT2D eigenvalue weighted by molar-refractivity contribution is 5.92. The smallest absolute Gasteiger partial charge is 0.238 e. The van der Waals surface area contributed by atoms with E-state index in [0.29, 0.717) is 13.1 Å². The maximum atomic E-state index is 12.2. The van der Waals surface area contributed by atoms with Crippen molar-refractivity contribution in [2.45, 2.75) is 19.4 Å². The Morgan fingerprint density at radius 2 is 2.05 bits per heavy atom. The summed E-state index contributed by atoms with van der Waals surface area (Å²) in [5.41, 5.74) is 7.95. The lowest BCUT2D eigenvalue weighted by Gasteiger charge is -2.39. The van der Waals surface area contributed by atoms with Gasteiger partial charge in [-0.15, -0.1) is 0 Å². The molecule has 5 nitrogen and oxygen atoms in total. The molecule has 1 heterocycles. The molecular formula is C16H26N4O. The number of amides is 1. The number of aryl methyl sites for hydroxylation is 1. The lowest BCUT2D eigenvalue weighted by molar-refractivity contribution is -0.118. The Hall–Kier alpha value is -1.43. The molecule has 2 rings (SSSR count).